The lowest BCUT2D eigenvalue weighted by molar-refractivity contribution is -0.137. The minimum atomic E-state index is -4.42. The summed E-state index contributed by atoms with van der Waals surface area (Å²) in [5.74, 6) is 5.40. The Morgan fingerprint density at radius 1 is 1.20 bits per heavy atom. The van der Waals surface area contributed by atoms with Gasteiger partial charge in [0.1, 0.15) is 11.6 Å². The highest BCUT2D eigenvalue weighted by Crippen LogP contribution is 2.32. The molecule has 1 rings (SSSR count). The van der Waals surface area contributed by atoms with Crippen LogP contribution in [-0.4, -0.2) is 44.1 Å². The van der Waals surface area contributed by atoms with Crippen LogP contribution in [0.5, 0.6) is 0 Å². The molecule has 20 heavy (non-hydrogen) atoms. The quantitative estimate of drug-likeness (QED) is 0.618. The molecule has 0 atom stereocenters. The van der Waals surface area contributed by atoms with Crippen LogP contribution in [0.15, 0.2) is 12.1 Å². The summed E-state index contributed by atoms with van der Waals surface area (Å²) in [6, 6.07) is 1.91. The van der Waals surface area contributed by atoms with E-state index in [1.165, 1.54) is 0 Å². The minimum absolute atomic E-state index is 0.00529. The molecule has 5 nitrogen and oxygen atoms in total. The second-order valence-electron chi connectivity index (χ2n) is 4.82. The van der Waals surface area contributed by atoms with Crippen molar-refractivity contribution in [1.82, 2.24) is 9.88 Å². The lowest BCUT2D eigenvalue weighted by Crippen LogP contribution is -2.25. The predicted octanol–water partition coefficient (Wildman–Crippen LogP) is 1.77. The number of hydrogen-bond donors (Lipinski definition) is 2. The molecule has 0 aliphatic heterocycles. The van der Waals surface area contributed by atoms with Crippen LogP contribution in [0.25, 0.3) is 0 Å². The molecule has 0 fully saturated rings. The van der Waals surface area contributed by atoms with Crippen molar-refractivity contribution in [3.05, 3.63) is 17.7 Å². The van der Waals surface area contributed by atoms with Gasteiger partial charge in [-0.3, -0.25) is 0 Å². The number of halogens is 3. The molecule has 0 unspecified atom stereocenters. The molecule has 0 radical (unpaired) electrons. The highest BCUT2D eigenvalue weighted by atomic mass is 19.4. The van der Waals surface area contributed by atoms with Crippen LogP contribution in [0.2, 0.25) is 0 Å². The number of alkyl halides is 3. The monoisotopic (exact) mass is 291 g/mol. The fourth-order valence-electron chi connectivity index (χ4n) is 1.69. The molecule has 0 amide bonds. The van der Waals surface area contributed by atoms with Crippen molar-refractivity contribution in [2.24, 2.45) is 5.84 Å². The molecule has 3 N–H and O–H groups in total. The van der Waals surface area contributed by atoms with Crippen molar-refractivity contribution < 1.29 is 13.2 Å². The van der Waals surface area contributed by atoms with Crippen molar-refractivity contribution in [2.45, 2.75) is 12.6 Å². The number of anilines is 2. The van der Waals surface area contributed by atoms with Crippen LogP contribution in [0.1, 0.15) is 12.0 Å². The van der Waals surface area contributed by atoms with E-state index >= 15 is 0 Å². The normalized spacial score (nSPS) is 11.8. The first-order valence-electron chi connectivity index (χ1n) is 6.16. The summed E-state index contributed by atoms with van der Waals surface area (Å²) in [4.78, 5) is 7.73. The van der Waals surface area contributed by atoms with Crippen LogP contribution in [0.4, 0.5) is 24.8 Å². The zero-order valence-corrected chi connectivity index (χ0v) is 11.8. The summed E-state index contributed by atoms with van der Waals surface area (Å²) in [7, 11) is 5.59. The molecule has 1 aromatic rings. The SMILES string of the molecule is CN(C)CCCN(C)c1cc(C(F)(F)F)cc(NN)n1. The van der Waals surface area contributed by atoms with E-state index in [1.54, 1.807) is 11.9 Å². The van der Waals surface area contributed by atoms with E-state index in [4.69, 9.17) is 5.84 Å². The topological polar surface area (TPSA) is 57.4 Å². The van der Waals surface area contributed by atoms with Gasteiger partial charge in [-0.05, 0) is 39.2 Å². The molecule has 0 aliphatic carbocycles. The maximum Gasteiger partial charge on any atom is 0.416 e. The summed E-state index contributed by atoms with van der Waals surface area (Å²) in [6.07, 6.45) is -3.60. The third kappa shape index (κ3) is 4.86. The number of nitrogen functional groups attached to an aromatic ring is 1. The fourth-order valence-corrected chi connectivity index (χ4v) is 1.69. The lowest BCUT2D eigenvalue weighted by Gasteiger charge is -2.21. The molecular formula is C12H20F3N5. The molecule has 0 saturated heterocycles. The third-order valence-electron chi connectivity index (χ3n) is 2.78. The molecular weight excluding hydrogens is 271 g/mol. The number of nitrogens with zero attached hydrogens (tertiary/aromatic N) is 3. The Balaban J connectivity index is 2.88. The highest BCUT2D eigenvalue weighted by molar-refractivity contribution is 5.50. The van der Waals surface area contributed by atoms with Crippen molar-refractivity contribution in [3.8, 4) is 0 Å². The zero-order valence-electron chi connectivity index (χ0n) is 11.8. The van der Waals surface area contributed by atoms with Crippen molar-refractivity contribution in [2.75, 3.05) is 44.6 Å². The van der Waals surface area contributed by atoms with E-state index in [0.29, 0.717) is 6.54 Å². The summed E-state index contributed by atoms with van der Waals surface area (Å²) >= 11 is 0. The Bertz CT molecular complexity index is 434. The Hall–Kier alpha value is -1.54. The van der Waals surface area contributed by atoms with E-state index in [1.807, 2.05) is 19.0 Å². The summed E-state index contributed by atoms with van der Waals surface area (Å²) in [5, 5.41) is 0. The van der Waals surface area contributed by atoms with Crippen molar-refractivity contribution in [1.29, 1.82) is 0 Å². The largest absolute Gasteiger partial charge is 0.416 e. The van der Waals surface area contributed by atoms with Gasteiger partial charge < -0.3 is 15.2 Å². The molecule has 0 saturated carbocycles. The first-order valence-corrected chi connectivity index (χ1v) is 6.16. The first-order chi connectivity index (χ1) is 9.24. The maximum atomic E-state index is 12.8. The van der Waals surface area contributed by atoms with Gasteiger partial charge in [0.2, 0.25) is 0 Å². The fraction of sp³-hybridized carbons (Fsp3) is 0.583. The van der Waals surface area contributed by atoms with Gasteiger partial charge in [-0.15, -0.1) is 0 Å². The zero-order chi connectivity index (χ0) is 15.3. The Labute approximate surface area is 116 Å². The van der Waals surface area contributed by atoms with Crippen molar-refractivity contribution in [3.63, 3.8) is 0 Å². The maximum absolute atomic E-state index is 12.8. The molecule has 8 heteroatoms. The number of nitrogens with two attached hydrogens (primary N) is 1. The molecule has 1 aromatic heterocycles. The van der Waals surface area contributed by atoms with Crippen LogP contribution in [-0.2, 0) is 6.18 Å². The molecule has 0 bridgehead atoms. The number of rotatable bonds is 6. The Morgan fingerprint density at radius 2 is 1.85 bits per heavy atom. The van der Waals surface area contributed by atoms with E-state index in [2.05, 4.69) is 10.4 Å². The van der Waals surface area contributed by atoms with Gasteiger partial charge in [-0.2, -0.15) is 13.2 Å². The van der Waals surface area contributed by atoms with Gasteiger partial charge in [0.25, 0.3) is 0 Å². The lowest BCUT2D eigenvalue weighted by atomic mass is 10.2. The summed E-state index contributed by atoms with van der Waals surface area (Å²) in [5.41, 5.74) is 1.39. The summed E-state index contributed by atoms with van der Waals surface area (Å²) < 4.78 is 38.4. The third-order valence-corrected chi connectivity index (χ3v) is 2.78. The van der Waals surface area contributed by atoms with Gasteiger partial charge in [0.05, 0.1) is 5.56 Å². The number of hydrogen-bond acceptors (Lipinski definition) is 5. The van der Waals surface area contributed by atoms with Gasteiger partial charge in [0.15, 0.2) is 0 Å². The van der Waals surface area contributed by atoms with Gasteiger partial charge in [0, 0.05) is 13.6 Å². The van der Waals surface area contributed by atoms with E-state index in [0.717, 1.165) is 25.1 Å². The second kappa shape index (κ2) is 6.76. The predicted molar refractivity (Wildman–Crippen MR) is 73.5 cm³/mol. The van der Waals surface area contributed by atoms with Crippen LogP contribution >= 0.6 is 0 Å². The smallest absolute Gasteiger partial charge is 0.360 e. The molecule has 0 aliphatic rings. The standard InChI is InChI=1S/C12H20F3N5/c1-19(2)5-4-6-20(3)11-8-9(12(13,14)15)7-10(17-11)18-16/h7-8H,4-6,16H2,1-3H3,(H,17,18). The number of hydrazine groups is 1. The number of pyridine rings is 1. The number of nitrogens with one attached hydrogen (secondary N) is 1. The van der Waals surface area contributed by atoms with Gasteiger partial charge in [-0.1, -0.05) is 0 Å². The molecule has 114 valence electrons. The number of aromatic nitrogens is 1. The summed E-state index contributed by atoms with van der Waals surface area (Å²) in [6.45, 7) is 1.46. The highest BCUT2D eigenvalue weighted by Gasteiger charge is 2.32. The second-order valence-corrected chi connectivity index (χ2v) is 4.82. The van der Waals surface area contributed by atoms with Crippen molar-refractivity contribution >= 4 is 11.6 Å². The van der Waals surface area contributed by atoms with E-state index < -0.39 is 11.7 Å². The average molecular weight is 291 g/mol. The van der Waals surface area contributed by atoms with Gasteiger partial charge >= 0.3 is 6.18 Å². The average Bonchev–Trinajstić information content (AvgIpc) is 2.36. The van der Waals surface area contributed by atoms with Gasteiger partial charge in [-0.25, -0.2) is 10.8 Å². The van der Waals surface area contributed by atoms with Crippen LogP contribution < -0.4 is 16.2 Å². The Morgan fingerprint density at radius 3 is 2.35 bits per heavy atom. The van der Waals surface area contributed by atoms with E-state index in [9.17, 15) is 13.2 Å². The molecule has 0 aromatic carbocycles. The molecule has 0 spiro atoms. The van der Waals surface area contributed by atoms with Crippen LogP contribution in [0, 0.1) is 0 Å². The van der Waals surface area contributed by atoms with E-state index in [-0.39, 0.29) is 11.6 Å². The first kappa shape index (κ1) is 16.5. The minimum Gasteiger partial charge on any atom is -0.360 e. The molecule has 1 heterocycles. The van der Waals surface area contributed by atoms with Crippen LogP contribution in [0.3, 0.4) is 0 Å². The Kier molecular flexibility index (Phi) is 5.58.